The molecule has 1 rings (SSSR count). The fourth-order valence-corrected chi connectivity index (χ4v) is 1.42. The van der Waals surface area contributed by atoms with Crippen LogP contribution in [0.25, 0.3) is 0 Å². The van der Waals surface area contributed by atoms with Gasteiger partial charge in [-0.1, -0.05) is 6.07 Å². The fraction of sp³-hybridized carbons (Fsp3) is 0.462. The molecule has 0 radical (unpaired) electrons. The van der Waals surface area contributed by atoms with E-state index in [-0.39, 0.29) is 6.42 Å². The highest BCUT2D eigenvalue weighted by molar-refractivity contribution is 5.70. The molecule has 3 nitrogen and oxygen atoms in total. The highest BCUT2D eigenvalue weighted by atomic mass is 19.2. The van der Waals surface area contributed by atoms with Crippen LogP contribution in [0.2, 0.25) is 0 Å². The number of nitrogens with two attached hydrogens (primary N) is 1. The van der Waals surface area contributed by atoms with Crippen LogP contribution in [0.4, 0.5) is 8.78 Å². The van der Waals surface area contributed by atoms with Gasteiger partial charge in [-0.15, -0.1) is 0 Å². The van der Waals surface area contributed by atoms with Gasteiger partial charge >= 0.3 is 5.97 Å². The Kier molecular flexibility index (Phi) is 4.40. The number of benzene rings is 1. The molecule has 0 saturated heterocycles. The first-order valence-corrected chi connectivity index (χ1v) is 5.61. The molecule has 0 amide bonds. The number of carbonyl (C=O) groups excluding carboxylic acids is 1. The number of hydrogen-bond acceptors (Lipinski definition) is 3. The van der Waals surface area contributed by atoms with Crippen LogP contribution in [-0.4, -0.2) is 11.6 Å². The van der Waals surface area contributed by atoms with E-state index in [9.17, 15) is 13.6 Å². The zero-order chi connectivity index (χ0) is 13.9. The van der Waals surface area contributed by atoms with Crippen molar-refractivity contribution in [2.45, 2.75) is 38.8 Å². The summed E-state index contributed by atoms with van der Waals surface area (Å²) in [5.74, 6) is -2.39. The lowest BCUT2D eigenvalue weighted by Crippen LogP contribution is -2.26. The van der Waals surface area contributed by atoms with Crippen LogP contribution in [0.15, 0.2) is 18.2 Å². The molecule has 0 unspecified atom stereocenters. The van der Waals surface area contributed by atoms with Crippen molar-refractivity contribution in [2.75, 3.05) is 0 Å². The Bertz CT molecular complexity index is 441. The highest BCUT2D eigenvalue weighted by Crippen LogP contribution is 2.19. The predicted octanol–water partition coefficient (Wildman–Crippen LogP) is 2.70. The number of halogens is 2. The van der Waals surface area contributed by atoms with Gasteiger partial charge in [-0.05, 0) is 38.5 Å². The summed E-state index contributed by atoms with van der Waals surface area (Å²) in [6, 6.07) is 2.62. The maximum absolute atomic E-state index is 13.0. The minimum absolute atomic E-state index is 0.0810. The second-order valence-electron chi connectivity index (χ2n) is 5.07. The summed E-state index contributed by atoms with van der Waals surface area (Å²) < 4.78 is 30.8. The molecule has 0 heterocycles. The molecule has 1 atom stereocenters. The lowest BCUT2D eigenvalue weighted by molar-refractivity contribution is -0.155. The van der Waals surface area contributed by atoms with Crippen molar-refractivity contribution in [1.82, 2.24) is 0 Å². The van der Waals surface area contributed by atoms with Crippen LogP contribution in [0.3, 0.4) is 0 Å². The number of rotatable bonds is 3. The van der Waals surface area contributed by atoms with Gasteiger partial charge in [-0.25, -0.2) is 8.78 Å². The molecule has 0 aromatic heterocycles. The minimum Gasteiger partial charge on any atom is -0.460 e. The minimum atomic E-state index is -0.980. The van der Waals surface area contributed by atoms with Crippen molar-refractivity contribution >= 4 is 5.97 Å². The summed E-state index contributed by atoms with van der Waals surface area (Å²) >= 11 is 0. The number of ether oxygens (including phenoxy) is 1. The molecule has 2 N–H and O–H groups in total. The molecular formula is C13H17F2NO2. The first kappa shape index (κ1) is 14.6. The first-order chi connectivity index (χ1) is 8.19. The third-order valence-electron chi connectivity index (χ3n) is 2.18. The van der Waals surface area contributed by atoms with Crippen molar-refractivity contribution in [1.29, 1.82) is 0 Å². The predicted molar refractivity (Wildman–Crippen MR) is 63.7 cm³/mol. The standard InChI is InChI=1S/C13H17F2NO2/c1-13(2,3)18-12(17)7-11(16)8-4-5-9(14)10(15)6-8/h4-6,11H,7,16H2,1-3H3/t11-/m1/s1. The lowest BCUT2D eigenvalue weighted by atomic mass is 10.0. The Morgan fingerprint density at radius 2 is 1.94 bits per heavy atom. The zero-order valence-corrected chi connectivity index (χ0v) is 10.7. The first-order valence-electron chi connectivity index (χ1n) is 5.61. The monoisotopic (exact) mass is 257 g/mol. The molecule has 0 aliphatic heterocycles. The van der Waals surface area contributed by atoms with E-state index in [1.807, 2.05) is 0 Å². The second-order valence-corrected chi connectivity index (χ2v) is 5.07. The second kappa shape index (κ2) is 5.44. The third-order valence-corrected chi connectivity index (χ3v) is 2.18. The van der Waals surface area contributed by atoms with E-state index >= 15 is 0 Å². The van der Waals surface area contributed by atoms with Crippen molar-refractivity contribution in [3.63, 3.8) is 0 Å². The van der Waals surface area contributed by atoms with Crippen molar-refractivity contribution in [2.24, 2.45) is 5.73 Å². The van der Waals surface area contributed by atoms with Gasteiger partial charge in [0.1, 0.15) is 5.60 Å². The molecule has 0 saturated carbocycles. The average molecular weight is 257 g/mol. The van der Waals surface area contributed by atoms with Crippen LogP contribution < -0.4 is 5.73 Å². The number of hydrogen-bond donors (Lipinski definition) is 1. The van der Waals surface area contributed by atoms with Crippen LogP contribution in [0.5, 0.6) is 0 Å². The third kappa shape index (κ3) is 4.41. The van der Waals surface area contributed by atoms with Gasteiger partial charge in [0, 0.05) is 6.04 Å². The zero-order valence-electron chi connectivity index (χ0n) is 10.7. The Hall–Kier alpha value is -1.49. The largest absolute Gasteiger partial charge is 0.460 e. The Morgan fingerprint density at radius 3 is 2.44 bits per heavy atom. The van der Waals surface area contributed by atoms with E-state index in [1.54, 1.807) is 20.8 Å². The van der Waals surface area contributed by atoms with Crippen LogP contribution in [0.1, 0.15) is 38.8 Å². The lowest BCUT2D eigenvalue weighted by Gasteiger charge is -2.21. The molecule has 0 fully saturated rings. The molecule has 5 heteroatoms. The summed E-state index contributed by atoms with van der Waals surface area (Å²) in [6.07, 6.45) is -0.0810. The molecule has 0 aliphatic carbocycles. The maximum Gasteiger partial charge on any atom is 0.308 e. The Morgan fingerprint density at radius 1 is 1.33 bits per heavy atom. The van der Waals surface area contributed by atoms with Crippen LogP contribution >= 0.6 is 0 Å². The van der Waals surface area contributed by atoms with Gasteiger partial charge in [0.2, 0.25) is 0 Å². The van der Waals surface area contributed by atoms with Gasteiger partial charge in [0.25, 0.3) is 0 Å². The summed E-state index contributed by atoms with van der Waals surface area (Å²) in [5.41, 5.74) is 5.51. The van der Waals surface area contributed by atoms with Gasteiger partial charge in [-0.3, -0.25) is 4.79 Å². The summed E-state index contributed by atoms with van der Waals surface area (Å²) in [6.45, 7) is 5.23. The molecule has 0 aliphatic rings. The van der Waals surface area contributed by atoms with E-state index in [4.69, 9.17) is 10.5 Å². The number of esters is 1. The average Bonchev–Trinajstić information content (AvgIpc) is 2.18. The van der Waals surface area contributed by atoms with E-state index in [0.717, 1.165) is 12.1 Å². The topological polar surface area (TPSA) is 52.3 Å². The molecule has 0 spiro atoms. The molecule has 1 aromatic carbocycles. The van der Waals surface area contributed by atoms with Crippen molar-refractivity contribution in [3.8, 4) is 0 Å². The normalized spacial score (nSPS) is 13.2. The van der Waals surface area contributed by atoms with Crippen LogP contribution in [0, 0.1) is 11.6 Å². The summed E-state index contributed by atoms with van der Waals surface area (Å²) in [4.78, 5) is 11.5. The van der Waals surface area contributed by atoms with E-state index in [1.165, 1.54) is 6.07 Å². The Labute approximate surface area is 105 Å². The molecular weight excluding hydrogens is 240 g/mol. The van der Waals surface area contributed by atoms with Crippen LogP contribution in [-0.2, 0) is 9.53 Å². The smallest absolute Gasteiger partial charge is 0.308 e. The molecule has 18 heavy (non-hydrogen) atoms. The summed E-state index contributed by atoms with van der Waals surface area (Å²) in [7, 11) is 0. The fourth-order valence-electron chi connectivity index (χ4n) is 1.42. The molecule has 0 bridgehead atoms. The van der Waals surface area contributed by atoms with E-state index in [2.05, 4.69) is 0 Å². The van der Waals surface area contributed by atoms with Gasteiger partial charge in [0.15, 0.2) is 11.6 Å². The summed E-state index contributed by atoms with van der Waals surface area (Å²) in [5, 5.41) is 0. The SMILES string of the molecule is CC(C)(C)OC(=O)C[C@@H](N)c1ccc(F)c(F)c1. The molecule has 100 valence electrons. The maximum atomic E-state index is 13.0. The van der Waals surface area contributed by atoms with Gasteiger partial charge in [-0.2, -0.15) is 0 Å². The number of carbonyl (C=O) groups is 1. The molecule has 1 aromatic rings. The van der Waals surface area contributed by atoms with Crippen molar-refractivity contribution < 1.29 is 18.3 Å². The van der Waals surface area contributed by atoms with Crippen molar-refractivity contribution in [3.05, 3.63) is 35.4 Å². The van der Waals surface area contributed by atoms with Gasteiger partial charge < -0.3 is 10.5 Å². The highest BCUT2D eigenvalue weighted by Gasteiger charge is 2.20. The van der Waals surface area contributed by atoms with E-state index in [0.29, 0.717) is 5.56 Å². The van der Waals surface area contributed by atoms with Gasteiger partial charge in [0.05, 0.1) is 6.42 Å². The quantitative estimate of drug-likeness (QED) is 0.847. The Balaban J connectivity index is 2.68. The van der Waals surface area contributed by atoms with E-state index < -0.39 is 29.2 Å².